The van der Waals surface area contributed by atoms with Crippen LogP contribution < -0.4 is 0 Å². The maximum atomic E-state index is 11.1. The van der Waals surface area contributed by atoms with Crippen LogP contribution in [-0.4, -0.2) is 21.0 Å². The lowest BCUT2D eigenvalue weighted by Gasteiger charge is -2.01. The van der Waals surface area contributed by atoms with Gasteiger partial charge in [-0.15, -0.1) is 11.3 Å². The van der Waals surface area contributed by atoms with Crippen molar-refractivity contribution in [2.24, 2.45) is 0 Å². The molecule has 2 aromatic heterocycles. The lowest BCUT2D eigenvalue weighted by atomic mass is 10.1. The van der Waals surface area contributed by atoms with Crippen LogP contribution in [-0.2, 0) is 17.6 Å². The number of aliphatic carboxylic acids is 1. The van der Waals surface area contributed by atoms with Crippen molar-refractivity contribution >= 4 is 17.3 Å². The minimum atomic E-state index is -0.761. The van der Waals surface area contributed by atoms with Crippen LogP contribution in [0, 0.1) is 0 Å². The average molecular weight is 260 g/mol. The second-order valence-corrected chi connectivity index (χ2v) is 5.51. The summed E-state index contributed by atoms with van der Waals surface area (Å²) < 4.78 is 0. The number of rotatable bonds is 3. The fraction of sp³-hybridized carbons (Fsp3) is 0.308. The maximum absolute atomic E-state index is 11.1. The predicted octanol–water partition coefficient (Wildman–Crippen LogP) is 2.24. The van der Waals surface area contributed by atoms with Crippen LogP contribution in [0.15, 0.2) is 24.4 Å². The van der Waals surface area contributed by atoms with Crippen molar-refractivity contribution in [1.82, 2.24) is 9.97 Å². The summed E-state index contributed by atoms with van der Waals surface area (Å²) >= 11 is 1.62. The summed E-state index contributed by atoms with van der Waals surface area (Å²) in [5.74, 6) is -1.17. The van der Waals surface area contributed by atoms with Crippen molar-refractivity contribution in [3.8, 4) is 0 Å². The van der Waals surface area contributed by atoms with Gasteiger partial charge in [0, 0.05) is 23.2 Å². The largest absolute Gasteiger partial charge is 0.481 e. The first-order chi connectivity index (χ1) is 8.74. The number of aryl methyl sites for hydroxylation is 1. The third-order valence-electron chi connectivity index (χ3n) is 3.12. The molecule has 1 unspecified atom stereocenters. The molecule has 1 aliphatic rings. The number of carboxylic acid groups (broad SMARTS) is 1. The molecule has 0 saturated heterocycles. The van der Waals surface area contributed by atoms with E-state index in [9.17, 15) is 4.79 Å². The summed E-state index contributed by atoms with van der Waals surface area (Å²) in [6, 6.07) is 5.79. The first-order valence-electron chi connectivity index (χ1n) is 5.85. The van der Waals surface area contributed by atoms with Gasteiger partial charge in [0.1, 0.15) is 5.92 Å². The predicted molar refractivity (Wildman–Crippen MR) is 67.9 cm³/mol. The van der Waals surface area contributed by atoms with E-state index >= 15 is 0 Å². The molecule has 3 rings (SSSR count). The molecule has 0 amide bonds. The van der Waals surface area contributed by atoms with E-state index in [0.717, 1.165) is 27.7 Å². The lowest BCUT2D eigenvalue weighted by Crippen LogP contribution is -2.08. The van der Waals surface area contributed by atoms with Gasteiger partial charge in [-0.2, -0.15) is 0 Å². The molecule has 2 aromatic rings. The molecule has 0 radical (unpaired) electrons. The number of nitrogens with zero attached hydrogens (tertiary/aromatic N) is 2. The Balaban J connectivity index is 1.84. The molecule has 92 valence electrons. The molecule has 5 heteroatoms. The maximum Gasteiger partial charge on any atom is 0.312 e. The quantitative estimate of drug-likeness (QED) is 0.919. The highest BCUT2D eigenvalue weighted by Crippen LogP contribution is 2.36. The van der Waals surface area contributed by atoms with Crippen molar-refractivity contribution in [2.45, 2.75) is 25.2 Å². The van der Waals surface area contributed by atoms with E-state index < -0.39 is 11.9 Å². The van der Waals surface area contributed by atoms with E-state index in [2.05, 4.69) is 9.97 Å². The van der Waals surface area contributed by atoms with E-state index in [1.54, 1.807) is 17.5 Å². The Morgan fingerprint density at radius 2 is 2.39 bits per heavy atom. The topological polar surface area (TPSA) is 63.1 Å². The van der Waals surface area contributed by atoms with Crippen LogP contribution >= 0.6 is 11.3 Å². The summed E-state index contributed by atoms with van der Waals surface area (Å²) in [4.78, 5) is 21.0. The zero-order valence-corrected chi connectivity index (χ0v) is 10.5. The normalized spacial score (nSPS) is 17.7. The Morgan fingerprint density at radius 1 is 1.50 bits per heavy atom. The second-order valence-electron chi connectivity index (χ2n) is 4.34. The Hall–Kier alpha value is -1.75. The molecule has 1 aliphatic carbocycles. The molecule has 18 heavy (non-hydrogen) atoms. The second kappa shape index (κ2) is 4.49. The smallest absolute Gasteiger partial charge is 0.312 e. The average Bonchev–Trinajstić information content (AvgIpc) is 2.89. The molecule has 0 fully saturated rings. The van der Waals surface area contributed by atoms with Gasteiger partial charge >= 0.3 is 5.97 Å². The number of carbonyl (C=O) groups is 1. The molecule has 1 N–H and O–H groups in total. The molecular weight excluding hydrogens is 248 g/mol. The van der Waals surface area contributed by atoms with Crippen LogP contribution in [0.3, 0.4) is 0 Å². The summed E-state index contributed by atoms with van der Waals surface area (Å²) in [7, 11) is 0. The summed E-state index contributed by atoms with van der Waals surface area (Å²) in [6.45, 7) is 0. The van der Waals surface area contributed by atoms with Crippen LogP contribution in [0.2, 0.25) is 0 Å². The van der Waals surface area contributed by atoms with Gasteiger partial charge in [-0.1, -0.05) is 6.07 Å². The van der Waals surface area contributed by atoms with Crippen molar-refractivity contribution in [3.63, 3.8) is 0 Å². The van der Waals surface area contributed by atoms with Crippen molar-refractivity contribution < 1.29 is 9.90 Å². The number of pyridine rings is 1. The molecule has 1 atom stereocenters. The molecular formula is C13H12N2O2S. The van der Waals surface area contributed by atoms with Crippen LogP contribution in [0.1, 0.15) is 33.6 Å². The molecule has 0 saturated carbocycles. The number of carboxylic acids is 1. The number of thiazole rings is 1. The van der Waals surface area contributed by atoms with Gasteiger partial charge in [-0.3, -0.25) is 9.78 Å². The first-order valence-corrected chi connectivity index (χ1v) is 6.67. The van der Waals surface area contributed by atoms with Crippen molar-refractivity contribution in [2.75, 3.05) is 0 Å². The number of hydrogen-bond donors (Lipinski definition) is 1. The van der Waals surface area contributed by atoms with E-state index in [0.29, 0.717) is 12.8 Å². The molecule has 4 nitrogen and oxygen atoms in total. The highest BCUT2D eigenvalue weighted by molar-refractivity contribution is 7.11. The highest BCUT2D eigenvalue weighted by Gasteiger charge is 2.32. The third kappa shape index (κ3) is 2.01. The van der Waals surface area contributed by atoms with Crippen LogP contribution in [0.4, 0.5) is 0 Å². The summed E-state index contributed by atoms with van der Waals surface area (Å²) in [5, 5.41) is 10.1. The number of aromatic nitrogens is 2. The zero-order valence-electron chi connectivity index (χ0n) is 9.67. The Labute approximate surface area is 108 Å². The fourth-order valence-corrected chi connectivity index (χ4v) is 3.41. The number of hydrogen-bond acceptors (Lipinski definition) is 4. The van der Waals surface area contributed by atoms with Crippen LogP contribution in [0.25, 0.3) is 0 Å². The van der Waals surface area contributed by atoms with Gasteiger partial charge in [0.05, 0.1) is 10.7 Å². The van der Waals surface area contributed by atoms with Crippen LogP contribution in [0.5, 0.6) is 0 Å². The Kier molecular flexibility index (Phi) is 2.83. The fourth-order valence-electron chi connectivity index (χ4n) is 2.25. The molecule has 2 heterocycles. The van der Waals surface area contributed by atoms with Gasteiger partial charge in [0.25, 0.3) is 0 Å². The summed E-state index contributed by atoms with van der Waals surface area (Å²) in [6.07, 6.45) is 3.97. The van der Waals surface area contributed by atoms with Crippen molar-refractivity contribution in [1.29, 1.82) is 0 Å². The van der Waals surface area contributed by atoms with Gasteiger partial charge < -0.3 is 5.11 Å². The minimum absolute atomic E-state index is 0.409. The van der Waals surface area contributed by atoms with E-state index in [-0.39, 0.29) is 0 Å². The Bertz CT molecular complexity index is 580. The first kappa shape index (κ1) is 11.3. The highest BCUT2D eigenvalue weighted by atomic mass is 32.1. The van der Waals surface area contributed by atoms with E-state index in [1.807, 2.05) is 18.2 Å². The van der Waals surface area contributed by atoms with Gasteiger partial charge in [-0.05, 0) is 25.0 Å². The Morgan fingerprint density at radius 3 is 3.11 bits per heavy atom. The zero-order chi connectivity index (χ0) is 12.5. The molecule has 0 aliphatic heterocycles. The van der Waals surface area contributed by atoms with Gasteiger partial charge in [0.2, 0.25) is 0 Å². The minimum Gasteiger partial charge on any atom is -0.481 e. The standard InChI is InChI=1S/C13H12N2O2S/c16-13(17)9-4-5-10-12(9)15-11(18-10)7-8-3-1-2-6-14-8/h1-3,6,9H,4-5,7H2,(H,16,17). The molecule has 0 bridgehead atoms. The van der Waals surface area contributed by atoms with E-state index in [4.69, 9.17) is 5.11 Å². The lowest BCUT2D eigenvalue weighted by molar-refractivity contribution is -0.138. The molecule has 0 spiro atoms. The molecule has 0 aromatic carbocycles. The monoisotopic (exact) mass is 260 g/mol. The van der Waals surface area contributed by atoms with Crippen molar-refractivity contribution in [3.05, 3.63) is 45.7 Å². The van der Waals surface area contributed by atoms with Gasteiger partial charge in [-0.25, -0.2) is 4.98 Å². The number of fused-ring (bicyclic) bond motifs is 1. The van der Waals surface area contributed by atoms with Gasteiger partial charge in [0.15, 0.2) is 0 Å². The third-order valence-corrected chi connectivity index (χ3v) is 4.25. The summed E-state index contributed by atoms with van der Waals surface area (Å²) in [5.41, 5.74) is 1.75. The SMILES string of the molecule is O=C(O)C1CCc2sc(Cc3ccccn3)nc21. The van der Waals surface area contributed by atoms with E-state index in [1.165, 1.54) is 0 Å².